The standard InChI is InChI=1S/C14H9ClFN3O4/c1-23-11-7(15)2-5(3-8(11)16)19-9(20)4-6-10(12(19)17)14(22)18-13(6)21/h2-4H,17H2,1H3,(H,18,21,22). The van der Waals surface area contributed by atoms with Gasteiger partial charge in [-0.3, -0.25) is 24.3 Å². The number of carbonyl (C=O) groups is 2. The number of nitrogen functional groups attached to an aromatic ring is 1. The number of carbonyl (C=O) groups excluding carboxylic acids is 2. The molecule has 9 heteroatoms. The van der Waals surface area contributed by atoms with Crippen molar-refractivity contribution >= 4 is 29.2 Å². The number of ether oxygens (including phenoxy) is 1. The average Bonchev–Trinajstić information content (AvgIpc) is 2.73. The minimum atomic E-state index is -0.803. The number of amides is 2. The summed E-state index contributed by atoms with van der Waals surface area (Å²) in [5, 5.41) is 1.97. The Balaban J connectivity index is 2.31. The number of anilines is 1. The van der Waals surface area contributed by atoms with Gasteiger partial charge in [0.25, 0.3) is 17.4 Å². The van der Waals surface area contributed by atoms with E-state index in [1.165, 1.54) is 13.2 Å². The lowest BCUT2D eigenvalue weighted by atomic mass is 10.1. The highest BCUT2D eigenvalue weighted by atomic mass is 35.5. The summed E-state index contributed by atoms with van der Waals surface area (Å²) in [5.74, 6) is -2.70. The molecule has 0 radical (unpaired) electrons. The van der Waals surface area contributed by atoms with Crippen LogP contribution in [0.1, 0.15) is 20.7 Å². The van der Waals surface area contributed by atoms with Crippen molar-refractivity contribution in [3.63, 3.8) is 0 Å². The minimum absolute atomic E-state index is 0.00532. The second-order valence-corrected chi connectivity index (χ2v) is 5.13. The summed E-state index contributed by atoms with van der Waals surface area (Å²) in [6.45, 7) is 0. The van der Waals surface area contributed by atoms with Gasteiger partial charge in [0, 0.05) is 12.1 Å². The van der Waals surface area contributed by atoms with Gasteiger partial charge in [-0.05, 0) is 6.07 Å². The van der Waals surface area contributed by atoms with Crippen molar-refractivity contribution in [3.8, 4) is 11.4 Å². The molecule has 1 aliphatic rings. The van der Waals surface area contributed by atoms with Crippen molar-refractivity contribution in [1.29, 1.82) is 0 Å². The number of benzene rings is 1. The van der Waals surface area contributed by atoms with E-state index in [9.17, 15) is 18.8 Å². The molecule has 0 spiro atoms. The molecule has 0 fully saturated rings. The third kappa shape index (κ3) is 2.15. The first-order chi connectivity index (χ1) is 10.8. The molecule has 1 aromatic heterocycles. The summed E-state index contributed by atoms with van der Waals surface area (Å²) < 4.78 is 19.7. The first-order valence-electron chi connectivity index (χ1n) is 6.29. The topological polar surface area (TPSA) is 103 Å². The molecular weight excluding hydrogens is 329 g/mol. The number of nitrogens with zero attached hydrogens (tertiary/aromatic N) is 1. The van der Waals surface area contributed by atoms with E-state index in [2.05, 4.69) is 0 Å². The van der Waals surface area contributed by atoms with Gasteiger partial charge in [0.1, 0.15) is 5.82 Å². The number of nitrogens with two attached hydrogens (primary N) is 1. The second-order valence-electron chi connectivity index (χ2n) is 4.72. The first kappa shape index (κ1) is 15.0. The SMILES string of the molecule is COc1c(F)cc(-n2c(N)c3c(cc2=O)C(=O)NC3=O)cc1Cl. The summed E-state index contributed by atoms with van der Waals surface area (Å²) >= 11 is 5.90. The lowest BCUT2D eigenvalue weighted by molar-refractivity contribution is 0.0880. The Kier molecular flexibility index (Phi) is 3.33. The van der Waals surface area contributed by atoms with Crippen LogP contribution in [-0.4, -0.2) is 23.5 Å². The van der Waals surface area contributed by atoms with E-state index in [1.54, 1.807) is 0 Å². The molecular formula is C14H9ClFN3O4. The minimum Gasteiger partial charge on any atom is -0.492 e. The van der Waals surface area contributed by atoms with Gasteiger partial charge in [-0.1, -0.05) is 11.6 Å². The molecule has 2 heterocycles. The number of aromatic nitrogens is 1. The van der Waals surface area contributed by atoms with Crippen molar-refractivity contribution in [1.82, 2.24) is 9.88 Å². The van der Waals surface area contributed by atoms with Gasteiger partial charge in [-0.25, -0.2) is 4.39 Å². The Labute approximate surface area is 133 Å². The van der Waals surface area contributed by atoms with Crippen LogP contribution in [0.3, 0.4) is 0 Å². The summed E-state index contributed by atoms with van der Waals surface area (Å²) in [6, 6.07) is 3.22. The number of pyridine rings is 1. The summed E-state index contributed by atoms with van der Waals surface area (Å²) in [4.78, 5) is 35.6. The third-order valence-electron chi connectivity index (χ3n) is 3.40. The number of nitrogens with one attached hydrogen (secondary N) is 1. The maximum Gasteiger partial charge on any atom is 0.262 e. The van der Waals surface area contributed by atoms with Gasteiger partial charge in [0.05, 0.1) is 28.9 Å². The lowest BCUT2D eigenvalue weighted by Crippen LogP contribution is -2.24. The fraction of sp³-hybridized carbons (Fsp3) is 0.0714. The van der Waals surface area contributed by atoms with Crippen LogP contribution >= 0.6 is 11.6 Å². The summed E-state index contributed by atoms with van der Waals surface area (Å²) in [6.07, 6.45) is 0. The van der Waals surface area contributed by atoms with Gasteiger partial charge >= 0.3 is 0 Å². The maximum absolute atomic E-state index is 14.0. The zero-order chi connectivity index (χ0) is 16.9. The summed E-state index contributed by atoms with van der Waals surface area (Å²) in [5.41, 5.74) is 4.89. The molecule has 118 valence electrons. The molecule has 1 aliphatic heterocycles. The molecule has 0 unspecified atom stereocenters. The van der Waals surface area contributed by atoms with Gasteiger partial charge in [0.2, 0.25) is 0 Å². The van der Waals surface area contributed by atoms with Crippen LogP contribution in [0.2, 0.25) is 5.02 Å². The Hall–Kier alpha value is -2.87. The van der Waals surface area contributed by atoms with Gasteiger partial charge < -0.3 is 10.5 Å². The van der Waals surface area contributed by atoms with E-state index in [0.717, 1.165) is 16.7 Å². The lowest BCUT2D eigenvalue weighted by Gasteiger charge is -2.13. The Bertz CT molecular complexity index is 915. The van der Waals surface area contributed by atoms with E-state index < -0.39 is 23.2 Å². The molecule has 0 atom stereocenters. The zero-order valence-corrected chi connectivity index (χ0v) is 12.4. The molecule has 7 nitrogen and oxygen atoms in total. The monoisotopic (exact) mass is 337 g/mol. The highest BCUT2D eigenvalue weighted by Gasteiger charge is 2.32. The number of methoxy groups -OCH3 is 1. The smallest absolute Gasteiger partial charge is 0.262 e. The highest BCUT2D eigenvalue weighted by Crippen LogP contribution is 2.31. The number of imide groups is 1. The predicted octanol–water partition coefficient (Wildman–Crippen LogP) is 1.10. The largest absolute Gasteiger partial charge is 0.492 e. The molecule has 2 aromatic rings. The van der Waals surface area contributed by atoms with E-state index in [4.69, 9.17) is 22.1 Å². The van der Waals surface area contributed by atoms with Crippen LogP contribution in [0.15, 0.2) is 23.0 Å². The Morgan fingerprint density at radius 3 is 2.52 bits per heavy atom. The van der Waals surface area contributed by atoms with Crippen LogP contribution in [0, 0.1) is 5.82 Å². The van der Waals surface area contributed by atoms with E-state index >= 15 is 0 Å². The average molecular weight is 338 g/mol. The molecule has 2 amide bonds. The fourth-order valence-electron chi connectivity index (χ4n) is 2.42. The molecule has 1 aromatic carbocycles. The van der Waals surface area contributed by atoms with Crippen molar-refractivity contribution in [2.45, 2.75) is 0 Å². The zero-order valence-electron chi connectivity index (χ0n) is 11.6. The third-order valence-corrected chi connectivity index (χ3v) is 3.68. The number of rotatable bonds is 2. The van der Waals surface area contributed by atoms with E-state index in [-0.39, 0.29) is 33.4 Å². The molecule has 0 saturated carbocycles. The van der Waals surface area contributed by atoms with Crippen molar-refractivity contribution in [3.05, 3.63) is 50.5 Å². The van der Waals surface area contributed by atoms with E-state index in [1.807, 2.05) is 5.32 Å². The molecule has 0 saturated heterocycles. The van der Waals surface area contributed by atoms with Gasteiger partial charge in [-0.15, -0.1) is 0 Å². The van der Waals surface area contributed by atoms with Crippen LogP contribution < -0.4 is 21.3 Å². The van der Waals surface area contributed by atoms with Crippen LogP contribution in [0.5, 0.6) is 5.75 Å². The second kappa shape index (κ2) is 5.10. The first-order valence-corrected chi connectivity index (χ1v) is 6.67. The number of hydrogen-bond acceptors (Lipinski definition) is 5. The number of halogens is 2. The number of fused-ring (bicyclic) bond motifs is 1. The fourth-order valence-corrected chi connectivity index (χ4v) is 2.70. The predicted molar refractivity (Wildman–Crippen MR) is 79.8 cm³/mol. The molecule has 0 aliphatic carbocycles. The normalized spacial score (nSPS) is 13.0. The van der Waals surface area contributed by atoms with Crippen molar-refractivity contribution in [2.75, 3.05) is 12.8 Å². The quantitative estimate of drug-likeness (QED) is 0.799. The van der Waals surface area contributed by atoms with Crippen molar-refractivity contribution in [2.24, 2.45) is 0 Å². The molecule has 23 heavy (non-hydrogen) atoms. The highest BCUT2D eigenvalue weighted by molar-refractivity contribution is 6.32. The molecule has 3 rings (SSSR count). The summed E-state index contributed by atoms with van der Waals surface area (Å²) in [7, 11) is 1.25. The maximum atomic E-state index is 14.0. The molecule has 3 N–H and O–H groups in total. The van der Waals surface area contributed by atoms with E-state index in [0.29, 0.717) is 0 Å². The number of hydrogen-bond donors (Lipinski definition) is 2. The van der Waals surface area contributed by atoms with Gasteiger partial charge in [-0.2, -0.15) is 0 Å². The van der Waals surface area contributed by atoms with Crippen molar-refractivity contribution < 1.29 is 18.7 Å². The Morgan fingerprint density at radius 1 is 1.22 bits per heavy atom. The Morgan fingerprint density at radius 2 is 1.91 bits per heavy atom. The molecule has 0 bridgehead atoms. The van der Waals surface area contributed by atoms with Crippen LogP contribution in [0.4, 0.5) is 10.2 Å². The van der Waals surface area contributed by atoms with Crippen LogP contribution in [-0.2, 0) is 0 Å². The van der Waals surface area contributed by atoms with Gasteiger partial charge in [0.15, 0.2) is 11.6 Å². The van der Waals surface area contributed by atoms with Crippen LogP contribution in [0.25, 0.3) is 5.69 Å².